The number of amides is 1. The second-order valence-electron chi connectivity index (χ2n) is 9.26. The molecule has 1 aliphatic rings. The highest BCUT2D eigenvalue weighted by atomic mass is 19.2. The van der Waals surface area contributed by atoms with Crippen LogP contribution in [0.15, 0.2) is 79.3 Å². The van der Waals surface area contributed by atoms with Crippen molar-refractivity contribution in [2.45, 2.75) is 44.9 Å². The fraction of sp³-hybridized carbons (Fsp3) is 0.267. The number of aromatic nitrogens is 3. The molecule has 0 spiro atoms. The molecule has 1 saturated heterocycles. The van der Waals surface area contributed by atoms with Gasteiger partial charge in [0.15, 0.2) is 6.23 Å². The summed E-state index contributed by atoms with van der Waals surface area (Å²) >= 11 is 0. The lowest BCUT2D eigenvalue weighted by Crippen LogP contribution is -2.46. The van der Waals surface area contributed by atoms with E-state index in [-0.39, 0.29) is 18.1 Å². The molecule has 0 bridgehead atoms. The van der Waals surface area contributed by atoms with E-state index in [1.54, 1.807) is 92.2 Å². The Hall–Kier alpha value is -4.55. The summed E-state index contributed by atoms with van der Waals surface area (Å²) in [5.41, 5.74) is -0.563. The first-order valence-corrected chi connectivity index (χ1v) is 12.6. The van der Waals surface area contributed by atoms with Crippen LogP contribution >= 0.6 is 0 Å². The van der Waals surface area contributed by atoms with Crippen LogP contribution in [-0.4, -0.2) is 37.9 Å². The molecule has 4 aromatic rings. The van der Waals surface area contributed by atoms with Gasteiger partial charge in [0.05, 0.1) is 16.9 Å². The van der Waals surface area contributed by atoms with Crippen molar-refractivity contribution < 1.29 is 23.5 Å². The first-order valence-electron chi connectivity index (χ1n) is 12.6. The topological polar surface area (TPSA) is 95.3 Å². The summed E-state index contributed by atoms with van der Waals surface area (Å²) in [6.07, 6.45) is 1.76. The molecule has 39 heavy (non-hydrogen) atoms. The Labute approximate surface area is 225 Å². The standard InChI is InChI=1S/C30H27FN4O4/c1-4-17-29(38-27(37)22-14-10-7-11-15-22)20(3)30(31,5-2)39-28(29)35-18-16-23-24(32-19-33-25(23)35)34-26(36)21-12-8-6-9-13-21/h6-16,18-20,28H,5H2,1-3H3,(H,32,33,34,36)/t20-,28+,29+,30+/m0/s1. The number of hydrogen-bond acceptors (Lipinski definition) is 6. The van der Waals surface area contributed by atoms with Crippen LogP contribution < -0.4 is 5.32 Å². The second-order valence-corrected chi connectivity index (χ2v) is 9.26. The van der Waals surface area contributed by atoms with Gasteiger partial charge in [-0.15, -0.1) is 5.92 Å². The Morgan fingerprint density at radius 1 is 1.08 bits per heavy atom. The quantitative estimate of drug-likeness (QED) is 0.262. The molecule has 0 radical (unpaired) electrons. The molecule has 5 rings (SSSR count). The number of carbonyl (C=O) groups excluding carboxylic acids is 2. The van der Waals surface area contributed by atoms with Gasteiger partial charge in [0.2, 0.25) is 11.5 Å². The van der Waals surface area contributed by atoms with Crippen molar-refractivity contribution in [2.24, 2.45) is 5.92 Å². The highest BCUT2D eigenvalue weighted by Gasteiger charge is 2.65. The minimum Gasteiger partial charge on any atom is -0.437 e. The number of nitrogens with zero attached hydrogens (tertiary/aromatic N) is 3. The minimum absolute atomic E-state index is 0.00721. The molecule has 1 N–H and O–H groups in total. The zero-order chi connectivity index (χ0) is 27.6. The van der Waals surface area contributed by atoms with Crippen molar-refractivity contribution in [2.75, 3.05) is 5.32 Å². The maximum absolute atomic E-state index is 16.2. The number of alkyl halides is 1. The Morgan fingerprint density at radius 2 is 1.74 bits per heavy atom. The van der Waals surface area contributed by atoms with Crippen LogP contribution in [0.1, 0.15) is 54.1 Å². The van der Waals surface area contributed by atoms with Crippen LogP contribution in [0.2, 0.25) is 0 Å². The summed E-state index contributed by atoms with van der Waals surface area (Å²) in [7, 11) is 0. The zero-order valence-electron chi connectivity index (χ0n) is 21.7. The Balaban J connectivity index is 1.59. The third-order valence-corrected chi connectivity index (χ3v) is 7.07. The molecule has 2 aromatic heterocycles. The van der Waals surface area contributed by atoms with E-state index in [2.05, 4.69) is 27.1 Å². The molecule has 9 heteroatoms. The minimum atomic E-state index is -2.14. The molecule has 1 amide bonds. The lowest BCUT2D eigenvalue weighted by Gasteiger charge is -2.33. The van der Waals surface area contributed by atoms with Gasteiger partial charge in [0, 0.05) is 18.2 Å². The zero-order valence-corrected chi connectivity index (χ0v) is 21.7. The molecular weight excluding hydrogens is 499 g/mol. The normalized spacial score (nSPS) is 24.1. The van der Waals surface area contributed by atoms with E-state index < -0.39 is 29.6 Å². The Bertz CT molecular complexity index is 1580. The van der Waals surface area contributed by atoms with Crippen LogP contribution in [0.4, 0.5) is 10.2 Å². The molecule has 4 atom stereocenters. The summed E-state index contributed by atoms with van der Waals surface area (Å²) in [4.78, 5) is 34.7. The van der Waals surface area contributed by atoms with E-state index in [1.807, 2.05) is 6.07 Å². The van der Waals surface area contributed by atoms with Crippen LogP contribution in [-0.2, 0) is 9.47 Å². The third-order valence-electron chi connectivity index (χ3n) is 7.07. The molecule has 1 fully saturated rings. The largest absolute Gasteiger partial charge is 0.437 e. The predicted molar refractivity (Wildman–Crippen MR) is 143 cm³/mol. The monoisotopic (exact) mass is 526 g/mol. The highest BCUT2D eigenvalue weighted by Crippen LogP contribution is 2.53. The van der Waals surface area contributed by atoms with Gasteiger partial charge in [0.1, 0.15) is 17.8 Å². The van der Waals surface area contributed by atoms with E-state index in [0.29, 0.717) is 22.2 Å². The SMILES string of the molecule is CC#C[C@]1(OC(=O)c2ccccc2)[C@H](n2ccc3c(NC(=O)c4ccccc4)ncnc32)O[C@](F)(CC)[C@H]1C. The van der Waals surface area contributed by atoms with Crippen molar-refractivity contribution in [1.82, 2.24) is 14.5 Å². The van der Waals surface area contributed by atoms with Crippen molar-refractivity contribution in [1.29, 1.82) is 0 Å². The maximum Gasteiger partial charge on any atom is 0.339 e. The number of hydrogen-bond donors (Lipinski definition) is 1. The predicted octanol–water partition coefficient (Wildman–Crippen LogP) is 5.54. The number of rotatable bonds is 6. The van der Waals surface area contributed by atoms with Gasteiger partial charge in [-0.1, -0.05) is 56.2 Å². The van der Waals surface area contributed by atoms with Gasteiger partial charge in [-0.3, -0.25) is 4.79 Å². The smallest absolute Gasteiger partial charge is 0.339 e. The van der Waals surface area contributed by atoms with Crippen LogP contribution in [0.3, 0.4) is 0 Å². The maximum atomic E-state index is 16.2. The summed E-state index contributed by atoms with van der Waals surface area (Å²) in [5, 5.41) is 3.31. The van der Waals surface area contributed by atoms with E-state index >= 15 is 4.39 Å². The summed E-state index contributed by atoms with van der Waals surface area (Å²) in [6, 6.07) is 18.9. The van der Waals surface area contributed by atoms with Crippen LogP contribution in [0, 0.1) is 17.8 Å². The molecular formula is C30H27FN4O4. The molecule has 198 valence electrons. The van der Waals surface area contributed by atoms with Crippen LogP contribution in [0.5, 0.6) is 0 Å². The molecule has 1 aliphatic heterocycles. The fourth-order valence-electron chi connectivity index (χ4n) is 4.91. The molecule has 2 aromatic carbocycles. The first-order chi connectivity index (χ1) is 18.8. The number of esters is 1. The molecule has 3 heterocycles. The van der Waals surface area contributed by atoms with E-state index in [0.717, 1.165) is 0 Å². The highest BCUT2D eigenvalue weighted by molar-refractivity contribution is 6.07. The van der Waals surface area contributed by atoms with Gasteiger partial charge in [0.25, 0.3) is 5.91 Å². The Kier molecular flexibility index (Phi) is 6.89. The second kappa shape index (κ2) is 10.3. The van der Waals surface area contributed by atoms with E-state index in [1.165, 1.54) is 6.33 Å². The van der Waals surface area contributed by atoms with Crippen molar-refractivity contribution >= 4 is 28.7 Å². The third kappa shape index (κ3) is 4.53. The number of benzene rings is 2. The van der Waals surface area contributed by atoms with Crippen LogP contribution in [0.25, 0.3) is 11.0 Å². The number of anilines is 1. The first kappa shape index (κ1) is 26.1. The Morgan fingerprint density at radius 3 is 2.38 bits per heavy atom. The van der Waals surface area contributed by atoms with Gasteiger partial charge in [-0.05, 0) is 37.3 Å². The van der Waals surface area contributed by atoms with Gasteiger partial charge in [-0.25, -0.2) is 19.2 Å². The lowest BCUT2D eigenvalue weighted by atomic mass is 9.83. The molecule has 0 saturated carbocycles. The fourth-order valence-corrected chi connectivity index (χ4v) is 4.91. The molecule has 0 unspecified atom stereocenters. The van der Waals surface area contributed by atoms with Gasteiger partial charge in [-0.2, -0.15) is 0 Å². The number of ether oxygens (including phenoxy) is 2. The van der Waals surface area contributed by atoms with Crippen molar-refractivity contribution in [3.8, 4) is 11.8 Å². The average molecular weight is 527 g/mol. The van der Waals surface area contributed by atoms with E-state index in [4.69, 9.17) is 9.47 Å². The number of halogens is 1. The van der Waals surface area contributed by atoms with Crippen molar-refractivity contribution in [3.63, 3.8) is 0 Å². The average Bonchev–Trinajstić information content (AvgIpc) is 3.48. The van der Waals surface area contributed by atoms with Crippen molar-refractivity contribution in [3.05, 3.63) is 90.4 Å². The lowest BCUT2D eigenvalue weighted by molar-refractivity contribution is -0.173. The van der Waals surface area contributed by atoms with Gasteiger partial charge < -0.3 is 19.4 Å². The molecule has 0 aliphatic carbocycles. The number of carbonyl (C=O) groups is 2. The molecule has 8 nitrogen and oxygen atoms in total. The number of nitrogens with one attached hydrogen (secondary N) is 1. The van der Waals surface area contributed by atoms with E-state index in [9.17, 15) is 9.59 Å². The number of fused-ring (bicyclic) bond motifs is 1. The summed E-state index contributed by atoms with van der Waals surface area (Å²) < 4.78 is 29.9. The van der Waals surface area contributed by atoms with Gasteiger partial charge >= 0.3 is 5.97 Å². The summed E-state index contributed by atoms with van der Waals surface area (Å²) in [6.45, 7) is 4.88. The summed E-state index contributed by atoms with van der Waals surface area (Å²) in [5.74, 6) is 1.99.